The summed E-state index contributed by atoms with van der Waals surface area (Å²) < 4.78 is 35.4. The monoisotopic (exact) mass is 445 g/mol. The van der Waals surface area contributed by atoms with Crippen LogP contribution in [0.15, 0.2) is 63.4 Å². The first-order valence-electron chi connectivity index (χ1n) is 9.28. The van der Waals surface area contributed by atoms with E-state index >= 15 is 0 Å². The van der Waals surface area contributed by atoms with Gasteiger partial charge in [-0.25, -0.2) is 13.2 Å². The topological polar surface area (TPSA) is 93.9 Å². The number of sulfone groups is 1. The van der Waals surface area contributed by atoms with E-state index in [1.807, 2.05) is 11.4 Å². The number of nitrogens with zero attached hydrogens (tertiary/aromatic N) is 1. The maximum atomic E-state index is 12.6. The number of ether oxygens (including phenoxy) is 1. The van der Waals surface area contributed by atoms with Crippen molar-refractivity contribution in [2.75, 3.05) is 13.2 Å². The predicted molar refractivity (Wildman–Crippen MR) is 110 cm³/mol. The standard InChI is InChI=1S/C21H19NO6S2/c23-19(22-9-6-18-15(12-22)8-11-29-18)13-28-21(24)20-16(7-10-27-20)14-30(25,26)17-4-2-1-3-5-17/h1-5,7-8,10-11H,6,9,12-14H2. The Labute approximate surface area is 177 Å². The molecule has 1 aliphatic heterocycles. The Kier molecular flexibility index (Phi) is 5.74. The van der Waals surface area contributed by atoms with Crippen LogP contribution in [0.1, 0.15) is 26.6 Å². The molecule has 1 amide bonds. The van der Waals surface area contributed by atoms with Crippen LogP contribution in [0.5, 0.6) is 0 Å². The van der Waals surface area contributed by atoms with Crippen molar-refractivity contribution in [3.05, 3.63) is 75.9 Å². The molecule has 9 heteroatoms. The maximum Gasteiger partial charge on any atom is 0.375 e. The number of amides is 1. The van der Waals surface area contributed by atoms with Gasteiger partial charge in [-0.2, -0.15) is 0 Å². The van der Waals surface area contributed by atoms with Crippen LogP contribution in [0.2, 0.25) is 0 Å². The minimum Gasteiger partial charge on any atom is -0.457 e. The quantitative estimate of drug-likeness (QED) is 0.542. The van der Waals surface area contributed by atoms with Crippen molar-refractivity contribution < 1.29 is 27.2 Å². The highest BCUT2D eigenvalue weighted by Crippen LogP contribution is 2.24. The second-order valence-corrected chi connectivity index (χ2v) is 9.85. The number of hydrogen-bond donors (Lipinski definition) is 0. The van der Waals surface area contributed by atoms with Gasteiger partial charge in [-0.15, -0.1) is 11.3 Å². The first-order chi connectivity index (χ1) is 14.4. The summed E-state index contributed by atoms with van der Waals surface area (Å²) >= 11 is 1.68. The average Bonchev–Trinajstić information content (AvgIpc) is 3.40. The normalized spacial score (nSPS) is 13.7. The predicted octanol–water partition coefficient (Wildman–Crippen LogP) is 3.06. The smallest absolute Gasteiger partial charge is 0.375 e. The number of hydrogen-bond acceptors (Lipinski definition) is 7. The van der Waals surface area contributed by atoms with Gasteiger partial charge in [0.1, 0.15) is 0 Å². The summed E-state index contributed by atoms with van der Waals surface area (Å²) in [5.74, 6) is -1.77. The molecule has 30 heavy (non-hydrogen) atoms. The van der Waals surface area contributed by atoms with Crippen molar-refractivity contribution in [2.45, 2.75) is 23.6 Å². The third kappa shape index (κ3) is 4.31. The van der Waals surface area contributed by atoms with Crippen LogP contribution < -0.4 is 0 Å². The largest absolute Gasteiger partial charge is 0.457 e. The molecule has 1 aliphatic rings. The summed E-state index contributed by atoms with van der Waals surface area (Å²) in [4.78, 5) is 27.9. The van der Waals surface area contributed by atoms with Gasteiger partial charge in [0.2, 0.25) is 5.76 Å². The number of rotatable bonds is 6. The third-order valence-corrected chi connectivity index (χ3v) is 7.57. The number of furan rings is 1. The minimum atomic E-state index is -3.65. The summed E-state index contributed by atoms with van der Waals surface area (Å²) in [6, 6.07) is 11.4. The van der Waals surface area contributed by atoms with E-state index in [-0.39, 0.29) is 22.1 Å². The van der Waals surface area contributed by atoms with Gasteiger partial charge in [-0.1, -0.05) is 18.2 Å². The number of carbonyl (C=O) groups excluding carboxylic acids is 2. The molecule has 1 aromatic carbocycles. The Balaban J connectivity index is 1.38. The van der Waals surface area contributed by atoms with Gasteiger partial charge in [-0.3, -0.25) is 4.79 Å². The molecule has 0 saturated heterocycles. The average molecular weight is 446 g/mol. The highest BCUT2D eigenvalue weighted by atomic mass is 32.2. The molecule has 7 nitrogen and oxygen atoms in total. The zero-order valence-electron chi connectivity index (χ0n) is 15.9. The highest BCUT2D eigenvalue weighted by molar-refractivity contribution is 7.90. The number of carbonyl (C=O) groups is 2. The van der Waals surface area contributed by atoms with Crippen LogP contribution in [0.25, 0.3) is 0 Å². The Hall–Kier alpha value is -2.91. The van der Waals surface area contributed by atoms with E-state index in [1.54, 1.807) is 34.4 Å². The van der Waals surface area contributed by atoms with Gasteiger partial charge in [-0.05, 0) is 41.6 Å². The minimum absolute atomic E-state index is 0.151. The molecule has 0 N–H and O–H groups in total. The molecule has 0 radical (unpaired) electrons. The van der Waals surface area contributed by atoms with E-state index in [2.05, 4.69) is 0 Å². The van der Waals surface area contributed by atoms with Gasteiger partial charge in [0.15, 0.2) is 16.4 Å². The molecule has 2 aromatic heterocycles. The first kappa shape index (κ1) is 20.4. The fourth-order valence-electron chi connectivity index (χ4n) is 3.29. The first-order valence-corrected chi connectivity index (χ1v) is 11.8. The summed E-state index contributed by atoms with van der Waals surface area (Å²) in [5.41, 5.74) is 1.31. The lowest BCUT2D eigenvalue weighted by Crippen LogP contribution is -2.38. The van der Waals surface area contributed by atoms with Gasteiger partial charge < -0.3 is 14.1 Å². The second kappa shape index (κ2) is 8.45. The molecule has 0 unspecified atom stereocenters. The van der Waals surface area contributed by atoms with Gasteiger partial charge in [0.25, 0.3) is 5.91 Å². The van der Waals surface area contributed by atoms with Crippen LogP contribution in [0.3, 0.4) is 0 Å². The molecular formula is C21H19NO6S2. The second-order valence-electron chi connectivity index (χ2n) is 6.86. The fourth-order valence-corrected chi connectivity index (χ4v) is 5.55. The molecule has 0 bridgehead atoms. The van der Waals surface area contributed by atoms with E-state index in [0.717, 1.165) is 12.0 Å². The van der Waals surface area contributed by atoms with Crippen LogP contribution in [-0.2, 0) is 38.1 Å². The molecule has 0 aliphatic carbocycles. The third-order valence-electron chi connectivity index (χ3n) is 4.87. The summed E-state index contributed by atoms with van der Waals surface area (Å²) in [6.45, 7) is 0.644. The number of fused-ring (bicyclic) bond motifs is 1. The van der Waals surface area contributed by atoms with Gasteiger partial charge in [0, 0.05) is 23.5 Å². The molecule has 3 aromatic rings. The highest BCUT2D eigenvalue weighted by Gasteiger charge is 2.26. The van der Waals surface area contributed by atoms with E-state index in [4.69, 9.17) is 9.15 Å². The van der Waals surface area contributed by atoms with Crippen molar-refractivity contribution in [1.82, 2.24) is 4.90 Å². The van der Waals surface area contributed by atoms with E-state index < -0.39 is 28.2 Å². The lowest BCUT2D eigenvalue weighted by atomic mass is 10.1. The fraction of sp³-hybridized carbons (Fsp3) is 0.238. The van der Waals surface area contributed by atoms with E-state index in [1.165, 1.54) is 29.3 Å². The Bertz CT molecular complexity index is 1160. The molecule has 0 saturated carbocycles. The molecular weight excluding hydrogens is 426 g/mol. The lowest BCUT2D eigenvalue weighted by molar-refractivity contribution is -0.135. The molecule has 3 heterocycles. The lowest BCUT2D eigenvalue weighted by Gasteiger charge is -2.26. The summed E-state index contributed by atoms with van der Waals surface area (Å²) in [7, 11) is -3.65. The van der Waals surface area contributed by atoms with Crippen molar-refractivity contribution in [3.8, 4) is 0 Å². The summed E-state index contributed by atoms with van der Waals surface area (Å²) in [5, 5.41) is 2.00. The Morgan fingerprint density at radius 1 is 1.13 bits per heavy atom. The van der Waals surface area contributed by atoms with Crippen LogP contribution in [-0.4, -0.2) is 38.3 Å². The van der Waals surface area contributed by atoms with Gasteiger partial charge >= 0.3 is 5.97 Å². The van der Waals surface area contributed by atoms with Crippen molar-refractivity contribution >= 4 is 33.1 Å². The molecule has 156 valence electrons. The molecule has 4 rings (SSSR count). The maximum absolute atomic E-state index is 12.6. The van der Waals surface area contributed by atoms with Crippen molar-refractivity contribution in [3.63, 3.8) is 0 Å². The number of esters is 1. The molecule has 0 spiro atoms. The van der Waals surface area contributed by atoms with Crippen LogP contribution >= 0.6 is 11.3 Å². The number of thiophene rings is 1. The van der Waals surface area contributed by atoms with Crippen LogP contribution in [0.4, 0.5) is 0 Å². The van der Waals surface area contributed by atoms with E-state index in [0.29, 0.717) is 13.1 Å². The zero-order valence-corrected chi connectivity index (χ0v) is 17.6. The Morgan fingerprint density at radius 2 is 1.93 bits per heavy atom. The molecule has 0 fully saturated rings. The Morgan fingerprint density at radius 3 is 2.73 bits per heavy atom. The zero-order chi connectivity index (χ0) is 21.1. The van der Waals surface area contributed by atoms with E-state index in [9.17, 15) is 18.0 Å². The van der Waals surface area contributed by atoms with Crippen molar-refractivity contribution in [1.29, 1.82) is 0 Å². The van der Waals surface area contributed by atoms with Gasteiger partial charge in [0.05, 0.1) is 16.9 Å². The summed E-state index contributed by atoms with van der Waals surface area (Å²) in [6.07, 6.45) is 2.02. The SMILES string of the molecule is O=C(OCC(=O)N1CCc2sccc2C1)c1occc1CS(=O)(=O)c1ccccc1. The van der Waals surface area contributed by atoms with Crippen LogP contribution in [0, 0.1) is 0 Å². The van der Waals surface area contributed by atoms with Crippen molar-refractivity contribution in [2.24, 2.45) is 0 Å². The number of benzene rings is 1. The molecule has 0 atom stereocenters.